The molecule has 0 aliphatic heterocycles. The summed E-state index contributed by atoms with van der Waals surface area (Å²) in [6.07, 6.45) is 67.6. The lowest BCUT2D eigenvalue weighted by Crippen LogP contribution is -2.31. The highest BCUT2D eigenvalue weighted by Crippen LogP contribution is 2.20. The van der Waals surface area contributed by atoms with E-state index < -0.39 is 6.10 Å². The van der Waals surface area contributed by atoms with Gasteiger partial charge >= 0.3 is 0 Å². The Hall–Kier alpha value is -1.38. The van der Waals surface area contributed by atoms with Crippen LogP contribution in [0.25, 0.3) is 0 Å². The Morgan fingerprint density at radius 1 is 0.393 bits per heavy atom. The third-order valence-corrected chi connectivity index (χ3v) is 11.6. The Morgan fingerprint density at radius 2 is 0.750 bits per heavy atom. The van der Waals surface area contributed by atoms with Crippen LogP contribution in [0, 0.1) is 0 Å². The number of hydrogen-bond acceptors (Lipinski definition) is 2. The van der Waals surface area contributed by atoms with Gasteiger partial charge in [0.25, 0.3) is 0 Å². The molecule has 0 rings (SSSR count). The molecule has 0 saturated carbocycles. The molecule has 0 aliphatic carbocycles. The number of ether oxygens (including phenoxy) is 1. The summed E-state index contributed by atoms with van der Waals surface area (Å²) in [5, 5.41) is 11.4. The summed E-state index contributed by atoms with van der Waals surface area (Å²) in [6, 6.07) is 0. The second-order valence-corrected chi connectivity index (χ2v) is 17.2. The summed E-state index contributed by atoms with van der Waals surface area (Å²) < 4.78 is 6.76. The van der Waals surface area contributed by atoms with E-state index in [0.717, 1.165) is 32.1 Å². The first kappa shape index (κ1) is 54.6. The van der Waals surface area contributed by atoms with Crippen LogP contribution in [0.1, 0.15) is 264 Å². The smallest absolute Gasteiger partial charge is 0.102 e. The first-order chi connectivity index (χ1) is 27.7. The second-order valence-electron chi connectivity index (χ2n) is 17.2. The van der Waals surface area contributed by atoms with Gasteiger partial charge in [-0.15, -0.1) is 13.2 Å². The molecule has 0 heterocycles. The van der Waals surface area contributed by atoms with E-state index in [9.17, 15) is 5.11 Å². The maximum absolute atomic E-state index is 11.4. The van der Waals surface area contributed by atoms with Crippen LogP contribution in [-0.4, -0.2) is 23.4 Å². The molecule has 0 aromatic carbocycles. The number of allylic oxidation sites excluding steroid dienone is 6. The summed E-state index contributed by atoms with van der Waals surface area (Å²) >= 11 is 0. The molecule has 0 radical (unpaired) electrons. The van der Waals surface area contributed by atoms with Crippen LogP contribution in [0.4, 0.5) is 0 Å². The molecule has 0 aromatic heterocycles. The fraction of sp³-hybridized carbons (Fsp3) is 0.815. The predicted molar refractivity (Wildman–Crippen MR) is 254 cm³/mol. The first-order valence-electron chi connectivity index (χ1n) is 25.2. The Labute approximate surface area is 353 Å². The summed E-state index contributed by atoms with van der Waals surface area (Å²) in [7, 11) is 0. The molecule has 0 aliphatic rings. The average Bonchev–Trinajstić information content (AvgIpc) is 3.20. The van der Waals surface area contributed by atoms with Crippen molar-refractivity contribution in [3.8, 4) is 0 Å². The highest BCUT2D eigenvalue weighted by atomic mass is 16.5. The Balaban J connectivity index is 4.61. The monoisotopic (exact) mass is 781 g/mol. The third-order valence-electron chi connectivity index (χ3n) is 11.6. The lowest BCUT2D eigenvalue weighted by atomic mass is 10.0. The number of rotatable bonds is 47. The third kappa shape index (κ3) is 42.2. The molecule has 2 heteroatoms. The standard InChI is InChI=1S/C54H100O2/c1-5-9-13-17-20-22-24-26-28-29-30-32-33-35-37-39-41-45-49-52(48-44-16-12-8-4)56-54(51-47-43-19-15-11-7-3)53(55)50-46-42-40-38-36-34-31-27-25-23-21-18-14-10-6-2/h5-6,39,41,45,47,49,51-55H,1-2,7-38,40,42-44,46,48,50H2,3-4H3. The van der Waals surface area contributed by atoms with Crippen LogP contribution in [0.5, 0.6) is 0 Å². The minimum atomic E-state index is -0.432. The van der Waals surface area contributed by atoms with Crippen molar-refractivity contribution in [3.05, 3.63) is 61.8 Å². The zero-order valence-corrected chi connectivity index (χ0v) is 38.2. The molecule has 56 heavy (non-hydrogen) atoms. The molecule has 0 fully saturated rings. The highest BCUT2D eigenvalue weighted by molar-refractivity contribution is 5.06. The fourth-order valence-electron chi connectivity index (χ4n) is 7.80. The van der Waals surface area contributed by atoms with E-state index in [1.54, 1.807) is 0 Å². The molecule has 1 N–H and O–H groups in total. The van der Waals surface area contributed by atoms with E-state index in [2.05, 4.69) is 69.5 Å². The van der Waals surface area contributed by atoms with Gasteiger partial charge in [-0.2, -0.15) is 0 Å². The molecule has 328 valence electrons. The zero-order valence-electron chi connectivity index (χ0n) is 38.2. The van der Waals surface area contributed by atoms with Gasteiger partial charge in [0, 0.05) is 0 Å². The lowest BCUT2D eigenvalue weighted by molar-refractivity contribution is -0.0417. The molecular weight excluding hydrogens is 681 g/mol. The summed E-state index contributed by atoms with van der Waals surface area (Å²) in [5.41, 5.74) is 0. The van der Waals surface area contributed by atoms with Crippen LogP contribution in [0.2, 0.25) is 0 Å². The largest absolute Gasteiger partial charge is 0.390 e. The van der Waals surface area contributed by atoms with E-state index in [0.29, 0.717) is 0 Å². The van der Waals surface area contributed by atoms with Crippen LogP contribution in [0.15, 0.2) is 61.8 Å². The van der Waals surface area contributed by atoms with Gasteiger partial charge in [0.1, 0.15) is 6.10 Å². The Morgan fingerprint density at radius 3 is 1.20 bits per heavy atom. The quantitative estimate of drug-likeness (QED) is 0.0379. The van der Waals surface area contributed by atoms with Crippen molar-refractivity contribution in [2.24, 2.45) is 0 Å². The van der Waals surface area contributed by atoms with Gasteiger partial charge in [-0.3, -0.25) is 0 Å². The van der Waals surface area contributed by atoms with Crippen LogP contribution in [-0.2, 0) is 4.74 Å². The highest BCUT2D eigenvalue weighted by Gasteiger charge is 2.20. The van der Waals surface area contributed by atoms with Crippen molar-refractivity contribution in [1.29, 1.82) is 0 Å². The topological polar surface area (TPSA) is 29.5 Å². The Bertz CT molecular complexity index is 855. The normalized spacial score (nSPS) is 13.7. The van der Waals surface area contributed by atoms with Gasteiger partial charge in [0.2, 0.25) is 0 Å². The first-order valence-corrected chi connectivity index (χ1v) is 25.2. The SMILES string of the molecule is C=CCCCCCCCCCCCCCCC=CC=CC(CCCCCC)OC(C=CCCCCCC)C(O)CCCCCCCCCCCCCCCC=C. The van der Waals surface area contributed by atoms with Gasteiger partial charge in [-0.05, 0) is 64.2 Å². The van der Waals surface area contributed by atoms with Gasteiger partial charge in [0.15, 0.2) is 0 Å². The van der Waals surface area contributed by atoms with E-state index in [1.807, 2.05) is 6.08 Å². The second kappa shape index (κ2) is 48.0. The Kier molecular flexibility index (Phi) is 46.8. The van der Waals surface area contributed by atoms with Gasteiger partial charge in [-0.1, -0.05) is 249 Å². The van der Waals surface area contributed by atoms with E-state index in [1.165, 1.54) is 218 Å². The number of unbranched alkanes of at least 4 members (excludes halogenated alkanes) is 33. The minimum absolute atomic E-state index is 0.0513. The number of aliphatic hydroxyl groups is 1. The van der Waals surface area contributed by atoms with Gasteiger partial charge in [0.05, 0.1) is 12.2 Å². The zero-order chi connectivity index (χ0) is 40.7. The van der Waals surface area contributed by atoms with Crippen molar-refractivity contribution in [3.63, 3.8) is 0 Å². The van der Waals surface area contributed by atoms with Crippen LogP contribution >= 0.6 is 0 Å². The van der Waals surface area contributed by atoms with E-state index in [-0.39, 0.29) is 12.2 Å². The maximum atomic E-state index is 11.4. The molecule has 0 bridgehead atoms. The molecule has 0 amide bonds. The maximum Gasteiger partial charge on any atom is 0.102 e. The van der Waals surface area contributed by atoms with E-state index in [4.69, 9.17) is 4.74 Å². The minimum Gasteiger partial charge on any atom is -0.390 e. The van der Waals surface area contributed by atoms with Crippen molar-refractivity contribution >= 4 is 0 Å². The summed E-state index contributed by atoms with van der Waals surface area (Å²) in [5.74, 6) is 0. The summed E-state index contributed by atoms with van der Waals surface area (Å²) in [4.78, 5) is 0. The van der Waals surface area contributed by atoms with Crippen molar-refractivity contribution in [2.45, 2.75) is 283 Å². The number of hydrogen-bond donors (Lipinski definition) is 1. The summed E-state index contributed by atoms with van der Waals surface area (Å²) in [6.45, 7) is 12.2. The number of aliphatic hydroxyl groups excluding tert-OH is 1. The van der Waals surface area contributed by atoms with Crippen LogP contribution < -0.4 is 0 Å². The molecule has 3 atom stereocenters. The average molecular weight is 781 g/mol. The van der Waals surface area contributed by atoms with Crippen molar-refractivity contribution in [1.82, 2.24) is 0 Å². The molecule has 0 saturated heterocycles. The predicted octanol–water partition coefficient (Wildman–Crippen LogP) is 18.4. The van der Waals surface area contributed by atoms with Crippen molar-refractivity contribution < 1.29 is 9.84 Å². The van der Waals surface area contributed by atoms with Gasteiger partial charge in [-0.25, -0.2) is 0 Å². The van der Waals surface area contributed by atoms with E-state index >= 15 is 0 Å². The molecule has 0 spiro atoms. The fourth-order valence-corrected chi connectivity index (χ4v) is 7.80. The molecule has 0 aromatic rings. The van der Waals surface area contributed by atoms with Gasteiger partial charge < -0.3 is 9.84 Å². The molecule has 2 nitrogen and oxygen atoms in total. The molecular formula is C54H100O2. The van der Waals surface area contributed by atoms with Crippen LogP contribution in [0.3, 0.4) is 0 Å². The van der Waals surface area contributed by atoms with Crippen molar-refractivity contribution in [2.75, 3.05) is 0 Å². The molecule has 3 unspecified atom stereocenters. The lowest BCUT2D eigenvalue weighted by Gasteiger charge is -2.25.